The van der Waals surface area contributed by atoms with Crippen LogP contribution in [0.4, 0.5) is 0 Å². The molecule has 1 saturated carbocycles. The number of rotatable bonds is 5. The molecule has 0 radical (unpaired) electrons. The average molecular weight is 327 g/mol. The van der Waals surface area contributed by atoms with Crippen LogP contribution in [0.15, 0.2) is 24.3 Å². The van der Waals surface area contributed by atoms with E-state index in [-0.39, 0.29) is 18.3 Å². The molecule has 1 aliphatic rings. The molecular formula is C17H27ClN2O2. The third-order valence-corrected chi connectivity index (χ3v) is 4.30. The minimum atomic E-state index is -0.657. The summed E-state index contributed by atoms with van der Waals surface area (Å²) in [6.07, 6.45) is 4.89. The van der Waals surface area contributed by atoms with Crippen molar-refractivity contribution in [3.63, 3.8) is 0 Å². The summed E-state index contributed by atoms with van der Waals surface area (Å²) < 4.78 is 5.74. The van der Waals surface area contributed by atoms with Crippen molar-refractivity contribution < 1.29 is 9.53 Å². The Balaban J connectivity index is 0.00000242. The SMILES string of the molecule is Cc1ccccc1OCCN(C)C(=O)C1(N)CCCCC1.Cl. The van der Waals surface area contributed by atoms with Gasteiger partial charge < -0.3 is 15.4 Å². The zero-order valence-electron chi connectivity index (χ0n) is 13.5. The van der Waals surface area contributed by atoms with Crippen molar-refractivity contribution in [3.8, 4) is 5.75 Å². The fourth-order valence-electron chi connectivity index (χ4n) is 2.89. The Morgan fingerprint density at radius 1 is 1.27 bits per heavy atom. The summed E-state index contributed by atoms with van der Waals surface area (Å²) in [4.78, 5) is 14.2. The smallest absolute Gasteiger partial charge is 0.242 e. The highest BCUT2D eigenvalue weighted by Crippen LogP contribution is 2.27. The Hall–Kier alpha value is -1.26. The van der Waals surface area contributed by atoms with Crippen LogP contribution in [-0.2, 0) is 4.79 Å². The van der Waals surface area contributed by atoms with Crippen LogP contribution < -0.4 is 10.5 Å². The van der Waals surface area contributed by atoms with Crippen molar-refractivity contribution in [1.29, 1.82) is 0 Å². The number of carbonyl (C=O) groups excluding carboxylic acids is 1. The molecule has 1 fully saturated rings. The van der Waals surface area contributed by atoms with Crippen LogP contribution in [0, 0.1) is 6.92 Å². The summed E-state index contributed by atoms with van der Waals surface area (Å²) in [6.45, 7) is 3.07. The quantitative estimate of drug-likeness (QED) is 0.905. The number of hydrogen-bond acceptors (Lipinski definition) is 3. The second-order valence-electron chi connectivity index (χ2n) is 6.06. The first kappa shape index (κ1) is 18.8. The van der Waals surface area contributed by atoms with Gasteiger partial charge in [-0.25, -0.2) is 0 Å². The van der Waals surface area contributed by atoms with E-state index in [0.29, 0.717) is 13.2 Å². The number of carbonyl (C=O) groups is 1. The van der Waals surface area contributed by atoms with E-state index < -0.39 is 5.54 Å². The van der Waals surface area contributed by atoms with Crippen LogP contribution in [0.3, 0.4) is 0 Å². The van der Waals surface area contributed by atoms with Gasteiger partial charge in [0.15, 0.2) is 0 Å². The summed E-state index contributed by atoms with van der Waals surface area (Å²) in [7, 11) is 1.81. The van der Waals surface area contributed by atoms with Gasteiger partial charge in [0.1, 0.15) is 12.4 Å². The van der Waals surface area contributed by atoms with Crippen LogP contribution in [0.2, 0.25) is 0 Å². The highest BCUT2D eigenvalue weighted by atomic mass is 35.5. The van der Waals surface area contributed by atoms with Crippen molar-refractivity contribution in [3.05, 3.63) is 29.8 Å². The Morgan fingerprint density at radius 2 is 1.91 bits per heavy atom. The fraction of sp³-hybridized carbons (Fsp3) is 0.588. The summed E-state index contributed by atoms with van der Waals surface area (Å²) in [5, 5.41) is 0. The molecule has 1 aliphatic carbocycles. The van der Waals surface area contributed by atoms with Gasteiger partial charge in [0, 0.05) is 7.05 Å². The number of aryl methyl sites for hydroxylation is 1. The zero-order valence-corrected chi connectivity index (χ0v) is 14.3. The number of benzene rings is 1. The third-order valence-electron chi connectivity index (χ3n) is 4.30. The second-order valence-corrected chi connectivity index (χ2v) is 6.06. The largest absolute Gasteiger partial charge is 0.491 e. The van der Waals surface area contributed by atoms with Crippen molar-refractivity contribution in [2.24, 2.45) is 5.73 Å². The van der Waals surface area contributed by atoms with Gasteiger partial charge in [-0.3, -0.25) is 4.79 Å². The zero-order chi connectivity index (χ0) is 15.3. The molecule has 0 spiro atoms. The minimum absolute atomic E-state index is 0. The second kappa shape index (κ2) is 8.39. The lowest BCUT2D eigenvalue weighted by Gasteiger charge is -2.35. The lowest BCUT2D eigenvalue weighted by Crippen LogP contribution is -2.55. The molecule has 0 saturated heterocycles. The van der Waals surface area contributed by atoms with E-state index in [2.05, 4.69) is 0 Å². The molecule has 2 rings (SSSR count). The van der Waals surface area contributed by atoms with Gasteiger partial charge in [-0.2, -0.15) is 0 Å². The first-order valence-electron chi connectivity index (χ1n) is 7.76. The van der Waals surface area contributed by atoms with Crippen LogP contribution in [0.5, 0.6) is 5.75 Å². The van der Waals surface area contributed by atoms with Gasteiger partial charge in [-0.05, 0) is 31.4 Å². The standard InChI is InChI=1S/C17H26N2O2.ClH/c1-14-8-4-5-9-15(14)21-13-12-19(2)16(20)17(18)10-6-3-7-11-17;/h4-5,8-9H,3,6-7,10-13,18H2,1-2H3;1H. The van der Waals surface area contributed by atoms with E-state index in [0.717, 1.165) is 37.0 Å². The van der Waals surface area contributed by atoms with Gasteiger partial charge in [-0.15, -0.1) is 12.4 Å². The van der Waals surface area contributed by atoms with Crippen LogP contribution in [0.25, 0.3) is 0 Å². The van der Waals surface area contributed by atoms with Crippen LogP contribution in [0.1, 0.15) is 37.7 Å². The molecule has 5 heteroatoms. The Bertz CT molecular complexity index is 487. The molecule has 0 aliphatic heterocycles. The van der Waals surface area contributed by atoms with Crippen molar-refractivity contribution in [1.82, 2.24) is 4.90 Å². The van der Waals surface area contributed by atoms with E-state index in [9.17, 15) is 4.79 Å². The molecule has 0 aromatic heterocycles. The third kappa shape index (κ3) is 4.62. The molecule has 0 atom stereocenters. The number of para-hydroxylation sites is 1. The highest BCUT2D eigenvalue weighted by molar-refractivity contribution is 5.86. The Labute approximate surface area is 139 Å². The predicted molar refractivity (Wildman–Crippen MR) is 91.6 cm³/mol. The highest BCUT2D eigenvalue weighted by Gasteiger charge is 2.37. The maximum Gasteiger partial charge on any atom is 0.242 e. The number of amides is 1. The number of likely N-dealkylation sites (N-methyl/N-ethyl adjacent to an activating group) is 1. The first-order chi connectivity index (χ1) is 10.0. The number of halogens is 1. The Morgan fingerprint density at radius 3 is 2.55 bits per heavy atom. The summed E-state index contributed by atoms with van der Waals surface area (Å²) >= 11 is 0. The normalized spacial score (nSPS) is 16.5. The van der Waals surface area contributed by atoms with Gasteiger partial charge >= 0.3 is 0 Å². The van der Waals surface area contributed by atoms with E-state index in [1.165, 1.54) is 6.42 Å². The van der Waals surface area contributed by atoms with Crippen molar-refractivity contribution in [2.45, 2.75) is 44.6 Å². The fourth-order valence-corrected chi connectivity index (χ4v) is 2.89. The molecule has 22 heavy (non-hydrogen) atoms. The summed E-state index contributed by atoms with van der Waals surface area (Å²) in [5.41, 5.74) is 6.73. The molecule has 0 heterocycles. The topological polar surface area (TPSA) is 55.6 Å². The van der Waals surface area contributed by atoms with Crippen molar-refractivity contribution in [2.75, 3.05) is 20.2 Å². The predicted octanol–water partition coefficient (Wildman–Crippen LogP) is 2.92. The summed E-state index contributed by atoms with van der Waals surface area (Å²) in [6, 6.07) is 7.90. The molecule has 1 amide bonds. The Kier molecular flexibility index (Phi) is 7.17. The first-order valence-corrected chi connectivity index (χ1v) is 7.76. The van der Waals surface area contributed by atoms with Gasteiger partial charge in [0.05, 0.1) is 12.1 Å². The number of nitrogens with zero attached hydrogens (tertiary/aromatic N) is 1. The van der Waals surface area contributed by atoms with E-state index in [1.807, 2.05) is 38.2 Å². The number of hydrogen-bond donors (Lipinski definition) is 1. The monoisotopic (exact) mass is 326 g/mol. The van der Waals surface area contributed by atoms with Gasteiger partial charge in [0.2, 0.25) is 5.91 Å². The van der Waals surface area contributed by atoms with Gasteiger partial charge in [0.25, 0.3) is 0 Å². The lowest BCUT2D eigenvalue weighted by atomic mass is 9.81. The molecular weight excluding hydrogens is 300 g/mol. The number of nitrogens with two attached hydrogens (primary N) is 1. The number of ether oxygens (including phenoxy) is 1. The van der Waals surface area contributed by atoms with Gasteiger partial charge in [-0.1, -0.05) is 37.5 Å². The molecule has 0 unspecified atom stereocenters. The molecule has 2 N–H and O–H groups in total. The molecule has 124 valence electrons. The average Bonchev–Trinajstić information content (AvgIpc) is 2.49. The van der Waals surface area contributed by atoms with Crippen LogP contribution >= 0.6 is 12.4 Å². The minimum Gasteiger partial charge on any atom is -0.491 e. The van der Waals surface area contributed by atoms with Crippen molar-refractivity contribution >= 4 is 18.3 Å². The molecule has 1 aromatic carbocycles. The maximum absolute atomic E-state index is 12.5. The lowest BCUT2D eigenvalue weighted by molar-refractivity contribution is -0.137. The van der Waals surface area contributed by atoms with E-state index in [4.69, 9.17) is 10.5 Å². The maximum atomic E-state index is 12.5. The van der Waals surface area contributed by atoms with E-state index >= 15 is 0 Å². The molecule has 1 aromatic rings. The molecule has 4 nitrogen and oxygen atoms in total. The van der Waals surface area contributed by atoms with Crippen LogP contribution in [-0.4, -0.2) is 36.5 Å². The summed E-state index contributed by atoms with van der Waals surface area (Å²) in [5.74, 6) is 0.925. The molecule has 0 bridgehead atoms. The van der Waals surface area contributed by atoms with E-state index in [1.54, 1.807) is 4.90 Å².